The van der Waals surface area contributed by atoms with E-state index in [1.807, 2.05) is 12.1 Å². The van der Waals surface area contributed by atoms with Crippen LogP contribution in [0.4, 0.5) is 10.1 Å². The van der Waals surface area contributed by atoms with Crippen LogP contribution < -0.4 is 15.4 Å². The van der Waals surface area contributed by atoms with Crippen LogP contribution in [0.25, 0.3) is 0 Å². The predicted octanol–water partition coefficient (Wildman–Crippen LogP) is 3.11. The number of methoxy groups -OCH3 is 1. The van der Waals surface area contributed by atoms with Gasteiger partial charge in [0.15, 0.2) is 11.6 Å². The molecular weight excluding hydrogens is 323 g/mol. The molecule has 2 N–H and O–H groups in total. The van der Waals surface area contributed by atoms with Gasteiger partial charge < -0.3 is 15.4 Å². The average Bonchev–Trinajstić information content (AvgIpc) is 3.46. The molecule has 0 bridgehead atoms. The van der Waals surface area contributed by atoms with Crippen LogP contribution in [-0.2, 0) is 11.3 Å². The molecule has 0 radical (unpaired) electrons. The standard InChI is InChI=1S/C19H19FN2O3/c1-25-17-9-6-14(10-16(17)20)18(23)21-11-12-2-7-15(8-3-12)22-19(24)13-4-5-13/h2-3,6-10,13H,4-5,11H2,1H3,(H,21,23)(H,22,24). The van der Waals surface area contributed by atoms with Crippen LogP contribution in [0, 0.1) is 11.7 Å². The minimum absolute atomic E-state index is 0.0579. The summed E-state index contributed by atoms with van der Waals surface area (Å²) >= 11 is 0. The summed E-state index contributed by atoms with van der Waals surface area (Å²) in [5, 5.41) is 5.59. The number of rotatable bonds is 6. The van der Waals surface area contributed by atoms with E-state index in [1.165, 1.54) is 19.2 Å². The summed E-state index contributed by atoms with van der Waals surface area (Å²) < 4.78 is 18.5. The van der Waals surface area contributed by atoms with Gasteiger partial charge in [-0.25, -0.2) is 4.39 Å². The summed E-state index contributed by atoms with van der Waals surface area (Å²) in [7, 11) is 1.37. The number of halogens is 1. The van der Waals surface area contributed by atoms with Crippen molar-refractivity contribution in [2.24, 2.45) is 5.92 Å². The van der Waals surface area contributed by atoms with Crippen molar-refractivity contribution in [2.75, 3.05) is 12.4 Å². The number of hydrogen-bond acceptors (Lipinski definition) is 3. The molecule has 0 unspecified atom stereocenters. The second-order valence-electron chi connectivity index (χ2n) is 5.99. The van der Waals surface area contributed by atoms with Crippen LogP contribution in [-0.4, -0.2) is 18.9 Å². The molecule has 0 atom stereocenters. The predicted molar refractivity (Wildman–Crippen MR) is 91.9 cm³/mol. The molecule has 6 heteroatoms. The molecule has 2 aromatic carbocycles. The fraction of sp³-hybridized carbons (Fsp3) is 0.263. The number of anilines is 1. The maximum atomic E-state index is 13.6. The van der Waals surface area contributed by atoms with Crippen molar-refractivity contribution in [1.29, 1.82) is 0 Å². The number of amides is 2. The lowest BCUT2D eigenvalue weighted by atomic mass is 10.1. The van der Waals surface area contributed by atoms with E-state index in [4.69, 9.17) is 4.74 Å². The molecule has 25 heavy (non-hydrogen) atoms. The Balaban J connectivity index is 1.54. The number of ether oxygens (including phenoxy) is 1. The third-order valence-corrected chi connectivity index (χ3v) is 4.04. The number of nitrogens with one attached hydrogen (secondary N) is 2. The van der Waals surface area contributed by atoms with Gasteiger partial charge in [-0.2, -0.15) is 0 Å². The monoisotopic (exact) mass is 342 g/mol. The first kappa shape index (κ1) is 17.0. The van der Waals surface area contributed by atoms with E-state index in [1.54, 1.807) is 12.1 Å². The van der Waals surface area contributed by atoms with E-state index in [0.717, 1.165) is 30.2 Å². The van der Waals surface area contributed by atoms with Crippen molar-refractivity contribution in [3.05, 3.63) is 59.4 Å². The largest absolute Gasteiger partial charge is 0.494 e. The highest BCUT2D eigenvalue weighted by Gasteiger charge is 2.29. The molecule has 3 rings (SSSR count). The Kier molecular flexibility index (Phi) is 4.97. The molecule has 1 aliphatic carbocycles. The number of carbonyl (C=O) groups is 2. The van der Waals surface area contributed by atoms with Crippen molar-refractivity contribution >= 4 is 17.5 Å². The van der Waals surface area contributed by atoms with Crippen molar-refractivity contribution in [3.8, 4) is 5.75 Å². The lowest BCUT2D eigenvalue weighted by Crippen LogP contribution is -2.23. The Labute approximate surface area is 145 Å². The summed E-state index contributed by atoms with van der Waals surface area (Å²) in [6, 6.07) is 11.3. The molecule has 1 saturated carbocycles. The van der Waals surface area contributed by atoms with Crippen molar-refractivity contribution in [1.82, 2.24) is 5.32 Å². The van der Waals surface area contributed by atoms with E-state index >= 15 is 0 Å². The van der Waals surface area contributed by atoms with Gasteiger partial charge in [-0.15, -0.1) is 0 Å². The van der Waals surface area contributed by atoms with Gasteiger partial charge in [0.2, 0.25) is 5.91 Å². The molecule has 2 amide bonds. The second kappa shape index (κ2) is 7.34. The molecule has 130 valence electrons. The van der Waals surface area contributed by atoms with E-state index in [9.17, 15) is 14.0 Å². The van der Waals surface area contributed by atoms with E-state index in [2.05, 4.69) is 10.6 Å². The maximum Gasteiger partial charge on any atom is 0.251 e. The van der Waals surface area contributed by atoms with Gasteiger partial charge >= 0.3 is 0 Å². The Bertz CT molecular complexity index is 786. The summed E-state index contributed by atoms with van der Waals surface area (Å²) in [6.45, 7) is 0.309. The number of carbonyl (C=O) groups excluding carboxylic acids is 2. The SMILES string of the molecule is COc1ccc(C(=O)NCc2ccc(NC(=O)C3CC3)cc2)cc1F. The lowest BCUT2D eigenvalue weighted by Gasteiger charge is -2.08. The summed E-state index contributed by atoms with van der Waals surface area (Å²) in [5.74, 6) is -0.634. The molecule has 1 fully saturated rings. The minimum atomic E-state index is -0.578. The van der Waals surface area contributed by atoms with Crippen molar-refractivity contribution in [2.45, 2.75) is 19.4 Å². The van der Waals surface area contributed by atoms with Gasteiger partial charge in [0.05, 0.1) is 7.11 Å². The minimum Gasteiger partial charge on any atom is -0.494 e. The van der Waals surface area contributed by atoms with Crippen molar-refractivity contribution in [3.63, 3.8) is 0 Å². The molecular formula is C19H19FN2O3. The summed E-state index contributed by atoms with van der Waals surface area (Å²) in [5.41, 5.74) is 1.85. The molecule has 0 spiro atoms. The molecule has 1 aliphatic rings. The maximum absolute atomic E-state index is 13.6. The summed E-state index contributed by atoms with van der Waals surface area (Å²) in [6.07, 6.45) is 1.92. The number of benzene rings is 2. The zero-order chi connectivity index (χ0) is 17.8. The van der Waals surface area contributed by atoms with Gasteiger partial charge in [-0.3, -0.25) is 9.59 Å². The molecule has 0 aliphatic heterocycles. The smallest absolute Gasteiger partial charge is 0.251 e. The molecule has 0 saturated heterocycles. The molecule has 2 aromatic rings. The fourth-order valence-electron chi connectivity index (χ4n) is 2.39. The quantitative estimate of drug-likeness (QED) is 0.848. The third-order valence-electron chi connectivity index (χ3n) is 4.04. The first-order valence-corrected chi connectivity index (χ1v) is 8.08. The third kappa shape index (κ3) is 4.35. The Morgan fingerprint density at radius 3 is 2.48 bits per heavy atom. The second-order valence-corrected chi connectivity index (χ2v) is 5.99. The van der Waals surface area contributed by atoms with Crippen molar-refractivity contribution < 1.29 is 18.7 Å². The fourth-order valence-corrected chi connectivity index (χ4v) is 2.39. The Morgan fingerprint density at radius 1 is 1.16 bits per heavy atom. The highest BCUT2D eigenvalue weighted by atomic mass is 19.1. The first-order valence-electron chi connectivity index (χ1n) is 8.08. The van der Waals surface area contributed by atoms with Gasteiger partial charge in [0.25, 0.3) is 5.91 Å². The molecule has 5 nitrogen and oxygen atoms in total. The Hall–Kier alpha value is -2.89. The zero-order valence-corrected chi connectivity index (χ0v) is 13.8. The summed E-state index contributed by atoms with van der Waals surface area (Å²) in [4.78, 5) is 23.8. The van der Waals surface area contributed by atoms with Gasteiger partial charge in [-0.05, 0) is 48.7 Å². The topological polar surface area (TPSA) is 67.4 Å². The van der Waals surface area contributed by atoms with Crippen LogP contribution in [0.15, 0.2) is 42.5 Å². The van der Waals surface area contributed by atoms with Crippen LogP contribution in [0.2, 0.25) is 0 Å². The zero-order valence-electron chi connectivity index (χ0n) is 13.8. The highest BCUT2D eigenvalue weighted by molar-refractivity contribution is 5.94. The number of hydrogen-bond donors (Lipinski definition) is 2. The van der Waals surface area contributed by atoms with E-state index < -0.39 is 5.82 Å². The van der Waals surface area contributed by atoms with Gasteiger partial charge in [-0.1, -0.05) is 12.1 Å². The van der Waals surface area contributed by atoms with Crippen LogP contribution in [0.3, 0.4) is 0 Å². The van der Waals surface area contributed by atoms with E-state index in [0.29, 0.717) is 6.54 Å². The molecule has 0 aromatic heterocycles. The Morgan fingerprint density at radius 2 is 1.88 bits per heavy atom. The lowest BCUT2D eigenvalue weighted by molar-refractivity contribution is -0.117. The highest BCUT2D eigenvalue weighted by Crippen LogP contribution is 2.30. The molecule has 0 heterocycles. The van der Waals surface area contributed by atoms with Gasteiger partial charge in [0, 0.05) is 23.7 Å². The van der Waals surface area contributed by atoms with Crippen LogP contribution in [0.5, 0.6) is 5.75 Å². The first-order chi connectivity index (χ1) is 12.1. The normalized spacial score (nSPS) is 13.2. The van der Waals surface area contributed by atoms with Gasteiger partial charge in [0.1, 0.15) is 0 Å². The average molecular weight is 342 g/mol. The van der Waals surface area contributed by atoms with E-state index in [-0.39, 0.29) is 29.0 Å². The van der Waals surface area contributed by atoms with Crippen LogP contribution in [0.1, 0.15) is 28.8 Å². The van der Waals surface area contributed by atoms with Crippen LogP contribution >= 0.6 is 0 Å².